The van der Waals surface area contributed by atoms with E-state index in [0.717, 1.165) is 12.8 Å². The van der Waals surface area contributed by atoms with E-state index in [-0.39, 0.29) is 23.8 Å². The number of carboxylic acid groups (broad SMARTS) is 1. The predicted molar refractivity (Wildman–Crippen MR) is 73.2 cm³/mol. The fraction of sp³-hybridized carbons (Fsp3) is 0.667. The zero-order valence-electron chi connectivity index (χ0n) is 11.6. The average molecular weight is 317 g/mol. The van der Waals surface area contributed by atoms with E-state index in [1.807, 2.05) is 0 Å². The number of nitrogens with one attached hydrogen (secondary N) is 1. The summed E-state index contributed by atoms with van der Waals surface area (Å²) < 4.78 is 33.3. The zero-order valence-corrected chi connectivity index (χ0v) is 12.4. The van der Waals surface area contributed by atoms with Gasteiger partial charge < -0.3 is 9.84 Å². The number of carbonyl (C=O) groups is 1. The number of nitrogens with zero attached hydrogens (tertiary/aromatic N) is 2. The summed E-state index contributed by atoms with van der Waals surface area (Å²) in [7, 11) is -3.60. The smallest absolute Gasteiger partial charge is 0.305 e. The Morgan fingerprint density at radius 3 is 2.86 bits per heavy atom. The third-order valence-corrected chi connectivity index (χ3v) is 4.76. The molecular formula is C12H19N3O5S. The molecule has 1 fully saturated rings. The van der Waals surface area contributed by atoms with Crippen LogP contribution in [0.15, 0.2) is 17.3 Å². The van der Waals surface area contributed by atoms with Gasteiger partial charge in [0.25, 0.3) is 0 Å². The highest BCUT2D eigenvalue weighted by molar-refractivity contribution is 7.89. The second-order valence-corrected chi connectivity index (χ2v) is 6.76. The molecule has 1 saturated heterocycles. The van der Waals surface area contributed by atoms with Crippen molar-refractivity contribution in [1.29, 1.82) is 0 Å². The molecule has 1 aliphatic heterocycles. The number of aryl methyl sites for hydroxylation is 1. The van der Waals surface area contributed by atoms with Crippen LogP contribution >= 0.6 is 0 Å². The zero-order chi connectivity index (χ0) is 15.3. The van der Waals surface area contributed by atoms with Crippen molar-refractivity contribution in [2.24, 2.45) is 5.92 Å². The van der Waals surface area contributed by atoms with Gasteiger partial charge in [0.2, 0.25) is 10.0 Å². The molecule has 0 aliphatic carbocycles. The van der Waals surface area contributed by atoms with E-state index in [0.29, 0.717) is 19.8 Å². The first-order valence-electron chi connectivity index (χ1n) is 6.79. The lowest BCUT2D eigenvalue weighted by Gasteiger charge is -2.21. The largest absolute Gasteiger partial charge is 0.481 e. The Morgan fingerprint density at radius 2 is 2.19 bits per heavy atom. The van der Waals surface area contributed by atoms with Crippen LogP contribution in [-0.4, -0.2) is 49.0 Å². The quantitative estimate of drug-likeness (QED) is 0.736. The van der Waals surface area contributed by atoms with Crippen molar-refractivity contribution in [2.75, 3.05) is 19.8 Å². The van der Waals surface area contributed by atoms with Crippen molar-refractivity contribution in [3.63, 3.8) is 0 Å². The number of ether oxygens (including phenoxy) is 1. The molecule has 9 heteroatoms. The second-order valence-electron chi connectivity index (χ2n) is 4.99. The highest BCUT2D eigenvalue weighted by atomic mass is 32.2. The van der Waals surface area contributed by atoms with E-state index < -0.39 is 16.0 Å². The van der Waals surface area contributed by atoms with Crippen molar-refractivity contribution >= 4 is 16.0 Å². The number of hydrogen-bond acceptors (Lipinski definition) is 5. The number of aromatic nitrogens is 2. The number of hydrogen-bond donors (Lipinski definition) is 2. The summed E-state index contributed by atoms with van der Waals surface area (Å²) in [6, 6.07) is 0. The van der Waals surface area contributed by atoms with Gasteiger partial charge in [-0.3, -0.25) is 9.48 Å². The first-order valence-corrected chi connectivity index (χ1v) is 8.27. The minimum absolute atomic E-state index is 0.0555. The van der Waals surface area contributed by atoms with Crippen LogP contribution in [0.2, 0.25) is 0 Å². The lowest BCUT2D eigenvalue weighted by atomic mass is 10.0. The highest BCUT2D eigenvalue weighted by Crippen LogP contribution is 2.15. The Balaban J connectivity index is 1.90. The van der Waals surface area contributed by atoms with Gasteiger partial charge in [-0.1, -0.05) is 0 Å². The molecule has 2 rings (SSSR count). The molecule has 0 amide bonds. The SMILES string of the molecule is O=C(O)CCn1cc(S(=O)(=O)NCC2CCOCC2)cn1. The van der Waals surface area contributed by atoms with Crippen molar-refractivity contribution < 1.29 is 23.1 Å². The molecule has 0 saturated carbocycles. The van der Waals surface area contributed by atoms with Gasteiger partial charge in [-0.2, -0.15) is 5.10 Å². The van der Waals surface area contributed by atoms with E-state index in [1.165, 1.54) is 17.1 Å². The molecular weight excluding hydrogens is 298 g/mol. The molecule has 0 spiro atoms. The van der Waals surface area contributed by atoms with Gasteiger partial charge in [-0.05, 0) is 18.8 Å². The number of aliphatic carboxylic acids is 1. The molecule has 0 unspecified atom stereocenters. The van der Waals surface area contributed by atoms with Crippen LogP contribution in [0.5, 0.6) is 0 Å². The topological polar surface area (TPSA) is 111 Å². The summed E-state index contributed by atoms with van der Waals surface area (Å²) in [5.74, 6) is -0.664. The maximum absolute atomic E-state index is 12.1. The minimum atomic E-state index is -3.60. The van der Waals surface area contributed by atoms with E-state index in [9.17, 15) is 13.2 Å². The molecule has 1 aromatic heterocycles. The maximum atomic E-state index is 12.1. The van der Waals surface area contributed by atoms with Gasteiger partial charge in [-0.25, -0.2) is 13.1 Å². The van der Waals surface area contributed by atoms with Crippen LogP contribution in [0.4, 0.5) is 0 Å². The Labute approximate surface area is 123 Å². The van der Waals surface area contributed by atoms with Crippen LogP contribution < -0.4 is 4.72 Å². The Morgan fingerprint density at radius 1 is 1.48 bits per heavy atom. The third kappa shape index (κ3) is 4.80. The van der Waals surface area contributed by atoms with Crippen LogP contribution in [0.3, 0.4) is 0 Å². The van der Waals surface area contributed by atoms with Crippen molar-refractivity contribution in [1.82, 2.24) is 14.5 Å². The van der Waals surface area contributed by atoms with Crippen LogP contribution in [-0.2, 0) is 26.1 Å². The molecule has 118 valence electrons. The molecule has 1 aromatic rings. The average Bonchev–Trinajstić information content (AvgIpc) is 2.94. The summed E-state index contributed by atoms with van der Waals surface area (Å²) >= 11 is 0. The Kier molecular flexibility index (Phi) is 5.32. The molecule has 0 atom stereocenters. The molecule has 0 bridgehead atoms. The molecule has 21 heavy (non-hydrogen) atoms. The van der Waals surface area contributed by atoms with E-state index in [2.05, 4.69) is 9.82 Å². The predicted octanol–water partition coefficient (Wildman–Crippen LogP) is 0.0627. The van der Waals surface area contributed by atoms with Crippen molar-refractivity contribution in [3.05, 3.63) is 12.4 Å². The second kappa shape index (κ2) is 7.01. The fourth-order valence-electron chi connectivity index (χ4n) is 2.08. The molecule has 2 heterocycles. The Bertz CT molecular complexity index is 577. The van der Waals surface area contributed by atoms with Crippen molar-refractivity contribution in [3.8, 4) is 0 Å². The van der Waals surface area contributed by atoms with Crippen LogP contribution in [0.25, 0.3) is 0 Å². The number of carboxylic acids is 1. The first kappa shape index (κ1) is 15.9. The molecule has 8 nitrogen and oxygen atoms in total. The Hall–Kier alpha value is -1.45. The van der Waals surface area contributed by atoms with E-state index >= 15 is 0 Å². The number of rotatable bonds is 7. The maximum Gasteiger partial charge on any atom is 0.305 e. The molecule has 1 aliphatic rings. The standard InChI is InChI=1S/C12H19N3O5S/c16-12(17)1-4-15-9-11(8-13-15)21(18,19)14-7-10-2-5-20-6-3-10/h8-10,14H,1-7H2,(H,16,17). The lowest BCUT2D eigenvalue weighted by molar-refractivity contribution is -0.137. The minimum Gasteiger partial charge on any atom is -0.481 e. The van der Waals surface area contributed by atoms with Gasteiger partial charge in [0.15, 0.2) is 0 Å². The van der Waals surface area contributed by atoms with E-state index in [1.54, 1.807) is 0 Å². The summed E-state index contributed by atoms with van der Waals surface area (Å²) in [6.45, 7) is 1.86. The van der Waals surface area contributed by atoms with Gasteiger partial charge in [-0.15, -0.1) is 0 Å². The summed E-state index contributed by atoms with van der Waals surface area (Å²) in [6.07, 6.45) is 4.17. The summed E-state index contributed by atoms with van der Waals surface area (Å²) in [4.78, 5) is 10.5. The molecule has 2 N–H and O–H groups in total. The molecule has 0 radical (unpaired) electrons. The van der Waals surface area contributed by atoms with Gasteiger partial charge in [0.1, 0.15) is 4.90 Å². The van der Waals surface area contributed by atoms with E-state index in [4.69, 9.17) is 9.84 Å². The number of sulfonamides is 1. The normalized spacial score (nSPS) is 17.0. The van der Waals surface area contributed by atoms with Crippen molar-refractivity contribution in [2.45, 2.75) is 30.7 Å². The summed E-state index contributed by atoms with van der Waals surface area (Å²) in [5, 5.41) is 12.5. The fourth-order valence-corrected chi connectivity index (χ4v) is 3.15. The lowest BCUT2D eigenvalue weighted by Crippen LogP contribution is -2.32. The molecule has 0 aromatic carbocycles. The van der Waals surface area contributed by atoms with Gasteiger partial charge in [0.05, 0.1) is 19.2 Å². The summed E-state index contributed by atoms with van der Waals surface area (Å²) in [5.41, 5.74) is 0. The monoisotopic (exact) mass is 317 g/mol. The van der Waals surface area contributed by atoms with Gasteiger partial charge in [0, 0.05) is 26.0 Å². The first-order chi connectivity index (χ1) is 9.97. The highest BCUT2D eigenvalue weighted by Gasteiger charge is 2.20. The van der Waals surface area contributed by atoms with Gasteiger partial charge >= 0.3 is 5.97 Å². The third-order valence-electron chi connectivity index (χ3n) is 3.38. The van der Waals surface area contributed by atoms with Crippen LogP contribution in [0, 0.1) is 5.92 Å². The van der Waals surface area contributed by atoms with Crippen LogP contribution in [0.1, 0.15) is 19.3 Å².